The first-order valence-electron chi connectivity index (χ1n) is 3.84. The van der Waals surface area contributed by atoms with Crippen LogP contribution in [-0.4, -0.2) is 24.2 Å². The fourth-order valence-corrected chi connectivity index (χ4v) is 0.915. The molecule has 0 spiro atoms. The van der Waals surface area contributed by atoms with Crippen LogP contribution in [0.2, 0.25) is 0 Å². The van der Waals surface area contributed by atoms with E-state index < -0.39 is 30.6 Å². The number of alkyl halides is 3. The summed E-state index contributed by atoms with van der Waals surface area (Å²) in [6.07, 6.45) is -5.19. The Morgan fingerprint density at radius 3 is 2.23 bits per heavy atom. The Bertz CT molecular complexity index is 181. The smallest absolute Gasteiger partial charge is 0.368 e. The number of nitrogens with one attached hydrogen (secondary N) is 1. The quantitative estimate of drug-likeness (QED) is 0.701. The lowest BCUT2D eigenvalue weighted by Gasteiger charge is -2.18. The van der Waals surface area contributed by atoms with Crippen LogP contribution in [0.1, 0.15) is 20.3 Å². The van der Waals surface area contributed by atoms with Gasteiger partial charge in [0, 0.05) is 6.04 Å². The zero-order valence-electron chi connectivity index (χ0n) is 7.48. The Morgan fingerprint density at radius 1 is 1.46 bits per heavy atom. The van der Waals surface area contributed by atoms with E-state index >= 15 is 0 Å². The number of nitrogens with two attached hydrogens (primary N) is 1. The van der Waals surface area contributed by atoms with Crippen LogP contribution in [0.3, 0.4) is 0 Å². The lowest BCUT2D eigenvalue weighted by molar-refractivity contribution is -0.140. The molecule has 0 aromatic heterocycles. The van der Waals surface area contributed by atoms with Gasteiger partial charge >= 0.3 is 6.18 Å². The molecule has 0 aliphatic heterocycles. The number of primary amides is 1. The highest BCUT2D eigenvalue weighted by molar-refractivity contribution is 5.79. The largest absolute Gasteiger partial charge is 0.390 e. The molecule has 3 nitrogen and oxygen atoms in total. The minimum absolute atomic E-state index is 0.658. The molecule has 13 heavy (non-hydrogen) atoms. The Labute approximate surface area is 74.5 Å². The van der Waals surface area contributed by atoms with Crippen LogP contribution >= 0.6 is 0 Å². The van der Waals surface area contributed by atoms with Gasteiger partial charge in [-0.15, -0.1) is 0 Å². The summed E-state index contributed by atoms with van der Waals surface area (Å²) in [5, 5.41) is 2.44. The average Bonchev–Trinajstić information content (AvgIpc) is 1.81. The Morgan fingerprint density at radius 2 is 1.92 bits per heavy atom. The predicted molar refractivity (Wildman–Crippen MR) is 41.9 cm³/mol. The maximum atomic E-state index is 11.8. The second kappa shape index (κ2) is 4.45. The van der Waals surface area contributed by atoms with Crippen molar-refractivity contribution >= 4 is 5.91 Å². The van der Waals surface area contributed by atoms with Crippen molar-refractivity contribution in [3.8, 4) is 0 Å². The fourth-order valence-electron chi connectivity index (χ4n) is 0.915. The molecule has 2 unspecified atom stereocenters. The van der Waals surface area contributed by atoms with E-state index in [1.807, 2.05) is 0 Å². The van der Waals surface area contributed by atoms with Gasteiger partial charge < -0.3 is 11.1 Å². The first-order valence-corrected chi connectivity index (χ1v) is 3.84. The molecule has 6 heteroatoms. The van der Waals surface area contributed by atoms with Crippen molar-refractivity contribution in [2.45, 2.75) is 38.5 Å². The Hall–Kier alpha value is -0.780. The summed E-state index contributed by atoms with van der Waals surface area (Å²) in [4.78, 5) is 10.5. The van der Waals surface area contributed by atoms with E-state index in [-0.39, 0.29) is 0 Å². The van der Waals surface area contributed by atoms with Crippen molar-refractivity contribution in [3.63, 3.8) is 0 Å². The molecule has 1 amide bonds. The van der Waals surface area contributed by atoms with Crippen LogP contribution in [0.4, 0.5) is 13.2 Å². The molecule has 0 aliphatic rings. The van der Waals surface area contributed by atoms with Crippen molar-refractivity contribution in [2.24, 2.45) is 5.73 Å². The normalized spacial score (nSPS) is 16.7. The summed E-state index contributed by atoms with van der Waals surface area (Å²) in [6.45, 7) is 2.78. The van der Waals surface area contributed by atoms with Gasteiger partial charge in [-0.3, -0.25) is 4.79 Å². The highest BCUT2D eigenvalue weighted by Gasteiger charge is 2.30. The lowest BCUT2D eigenvalue weighted by Crippen LogP contribution is -2.44. The van der Waals surface area contributed by atoms with Gasteiger partial charge in [-0.1, -0.05) is 0 Å². The highest BCUT2D eigenvalue weighted by Crippen LogP contribution is 2.21. The number of hydrogen-bond donors (Lipinski definition) is 2. The van der Waals surface area contributed by atoms with Crippen molar-refractivity contribution < 1.29 is 18.0 Å². The predicted octanol–water partition coefficient (Wildman–Crippen LogP) is 0.791. The van der Waals surface area contributed by atoms with Crippen molar-refractivity contribution in [3.05, 3.63) is 0 Å². The summed E-state index contributed by atoms with van der Waals surface area (Å²) in [5.41, 5.74) is 4.87. The fraction of sp³-hybridized carbons (Fsp3) is 0.857. The molecule has 0 heterocycles. The molecule has 0 rings (SSSR count). The van der Waals surface area contributed by atoms with E-state index in [4.69, 9.17) is 5.73 Å². The first kappa shape index (κ1) is 12.2. The number of halogens is 3. The van der Waals surface area contributed by atoms with Crippen molar-refractivity contribution in [1.29, 1.82) is 0 Å². The van der Waals surface area contributed by atoms with Crippen molar-refractivity contribution in [1.82, 2.24) is 5.32 Å². The number of carbonyl (C=O) groups excluding carboxylic acids is 1. The molecule has 0 saturated carbocycles. The van der Waals surface area contributed by atoms with Crippen molar-refractivity contribution in [2.75, 3.05) is 0 Å². The monoisotopic (exact) mass is 198 g/mol. The molecular formula is C7H13F3N2O. The van der Waals surface area contributed by atoms with Gasteiger partial charge in [0.15, 0.2) is 0 Å². The van der Waals surface area contributed by atoms with Crippen LogP contribution in [0, 0.1) is 0 Å². The van der Waals surface area contributed by atoms with E-state index in [2.05, 4.69) is 5.32 Å². The molecular weight excluding hydrogens is 185 g/mol. The Balaban J connectivity index is 3.88. The number of rotatable bonds is 4. The zero-order chi connectivity index (χ0) is 10.6. The minimum Gasteiger partial charge on any atom is -0.368 e. The summed E-state index contributed by atoms with van der Waals surface area (Å²) >= 11 is 0. The minimum atomic E-state index is -4.22. The van der Waals surface area contributed by atoms with E-state index in [9.17, 15) is 18.0 Å². The molecule has 0 aromatic carbocycles. The second-order valence-electron chi connectivity index (χ2n) is 3.01. The maximum Gasteiger partial charge on any atom is 0.390 e. The summed E-state index contributed by atoms with van der Waals surface area (Å²) in [6, 6.07) is -1.54. The van der Waals surface area contributed by atoms with Crippen LogP contribution in [0.5, 0.6) is 0 Å². The zero-order valence-corrected chi connectivity index (χ0v) is 7.48. The molecule has 0 saturated heterocycles. The van der Waals surface area contributed by atoms with Crippen LogP contribution in [0.25, 0.3) is 0 Å². The SMILES string of the molecule is CC(CC(F)(F)F)NC(C)C(N)=O. The standard InChI is InChI=1S/C7H13F3N2O/c1-4(3-7(8,9)10)12-5(2)6(11)13/h4-5,12H,3H2,1-2H3,(H2,11,13). The summed E-state index contributed by atoms with van der Waals surface area (Å²) in [5.74, 6) is -0.658. The lowest BCUT2D eigenvalue weighted by atomic mass is 10.2. The molecule has 0 fully saturated rings. The number of amides is 1. The van der Waals surface area contributed by atoms with E-state index in [0.717, 1.165) is 0 Å². The third-order valence-corrected chi connectivity index (χ3v) is 1.50. The third kappa shape index (κ3) is 6.39. The summed E-state index contributed by atoms with van der Waals surface area (Å²) < 4.78 is 35.4. The molecule has 3 N–H and O–H groups in total. The first-order chi connectivity index (χ1) is 5.72. The highest BCUT2D eigenvalue weighted by atomic mass is 19.4. The molecule has 0 aromatic rings. The molecule has 0 bridgehead atoms. The molecule has 2 atom stereocenters. The number of hydrogen-bond acceptors (Lipinski definition) is 2. The van der Waals surface area contributed by atoms with Gasteiger partial charge in [0.05, 0.1) is 12.5 Å². The second-order valence-corrected chi connectivity index (χ2v) is 3.01. The molecule has 0 aliphatic carbocycles. The van der Waals surface area contributed by atoms with Gasteiger partial charge in [0.25, 0.3) is 0 Å². The van der Waals surface area contributed by atoms with E-state index in [1.165, 1.54) is 13.8 Å². The third-order valence-electron chi connectivity index (χ3n) is 1.50. The average molecular weight is 198 g/mol. The topological polar surface area (TPSA) is 55.1 Å². The van der Waals surface area contributed by atoms with Crippen LogP contribution in [0.15, 0.2) is 0 Å². The maximum absolute atomic E-state index is 11.8. The van der Waals surface area contributed by atoms with Gasteiger partial charge in [-0.25, -0.2) is 0 Å². The van der Waals surface area contributed by atoms with Crippen LogP contribution in [-0.2, 0) is 4.79 Å². The van der Waals surface area contributed by atoms with Gasteiger partial charge in [0.2, 0.25) is 5.91 Å². The van der Waals surface area contributed by atoms with Crippen LogP contribution < -0.4 is 11.1 Å². The van der Waals surface area contributed by atoms with Gasteiger partial charge in [0.1, 0.15) is 0 Å². The van der Waals surface area contributed by atoms with Gasteiger partial charge in [-0.2, -0.15) is 13.2 Å². The van der Waals surface area contributed by atoms with E-state index in [1.54, 1.807) is 0 Å². The molecule has 78 valence electrons. The van der Waals surface area contributed by atoms with Gasteiger partial charge in [-0.05, 0) is 13.8 Å². The summed E-state index contributed by atoms with van der Waals surface area (Å²) in [7, 11) is 0. The number of carbonyl (C=O) groups is 1. The Kier molecular flexibility index (Phi) is 4.19. The van der Waals surface area contributed by atoms with E-state index in [0.29, 0.717) is 0 Å². The molecule has 0 radical (unpaired) electrons.